The number of amidine groups is 1. The Hall–Kier alpha value is -1.06. The summed E-state index contributed by atoms with van der Waals surface area (Å²) in [7, 11) is 0. The van der Waals surface area contributed by atoms with Crippen LogP contribution in [0.1, 0.15) is 19.8 Å². The highest BCUT2D eigenvalue weighted by atomic mass is 16.4. The smallest absolute Gasteiger partial charge is 0.310 e. The maximum atomic E-state index is 10.4. The van der Waals surface area contributed by atoms with Gasteiger partial charge >= 0.3 is 5.97 Å². The van der Waals surface area contributed by atoms with E-state index >= 15 is 0 Å². The Bertz CT molecular complexity index is 201. The van der Waals surface area contributed by atoms with E-state index in [1.54, 1.807) is 0 Å². The molecule has 1 heterocycles. The maximum Gasteiger partial charge on any atom is 0.310 e. The monoisotopic (exact) mass is 170 g/mol. The van der Waals surface area contributed by atoms with Gasteiger partial charge in [0.25, 0.3) is 0 Å². The van der Waals surface area contributed by atoms with Gasteiger partial charge in [0, 0.05) is 13.1 Å². The minimum atomic E-state index is -0.795. The van der Waals surface area contributed by atoms with Crippen LogP contribution in [0.25, 0.3) is 0 Å². The average Bonchev–Trinajstić information content (AvgIpc) is 2.37. The highest BCUT2D eigenvalue weighted by Gasteiger charge is 2.17. The van der Waals surface area contributed by atoms with Crippen LogP contribution in [-0.4, -0.2) is 41.4 Å². The normalized spacial score (nSPS) is 16.4. The Labute approximate surface area is 71.9 Å². The number of hydrogen-bond acceptors (Lipinski definition) is 3. The van der Waals surface area contributed by atoms with Gasteiger partial charge in [-0.1, -0.05) is 6.92 Å². The molecule has 68 valence electrons. The third-order valence-corrected chi connectivity index (χ3v) is 1.83. The Morgan fingerprint density at radius 3 is 3.08 bits per heavy atom. The number of carbonyl (C=O) groups is 1. The van der Waals surface area contributed by atoms with Crippen molar-refractivity contribution in [3.8, 4) is 0 Å². The van der Waals surface area contributed by atoms with Gasteiger partial charge in [0.2, 0.25) is 0 Å². The van der Waals surface area contributed by atoms with Gasteiger partial charge in [-0.2, -0.15) is 0 Å². The summed E-state index contributed by atoms with van der Waals surface area (Å²) in [6.45, 7) is 4.64. The molecule has 4 nitrogen and oxygen atoms in total. The number of aliphatic carboxylic acids is 1. The summed E-state index contributed by atoms with van der Waals surface area (Å²) < 4.78 is 0. The van der Waals surface area contributed by atoms with Crippen LogP contribution < -0.4 is 0 Å². The second kappa shape index (κ2) is 4.09. The predicted octanol–water partition coefficient (Wildman–Crippen LogP) is 0.585. The zero-order chi connectivity index (χ0) is 8.97. The topological polar surface area (TPSA) is 52.9 Å². The molecule has 0 spiro atoms. The fourth-order valence-corrected chi connectivity index (χ4v) is 1.34. The van der Waals surface area contributed by atoms with Gasteiger partial charge in [-0.3, -0.25) is 9.79 Å². The molecule has 1 aliphatic rings. The minimum Gasteiger partial charge on any atom is -0.481 e. The molecule has 0 saturated heterocycles. The van der Waals surface area contributed by atoms with Crippen LogP contribution in [-0.2, 0) is 4.79 Å². The zero-order valence-electron chi connectivity index (χ0n) is 7.29. The van der Waals surface area contributed by atoms with Crippen molar-refractivity contribution in [1.29, 1.82) is 0 Å². The summed E-state index contributed by atoms with van der Waals surface area (Å²) in [5.41, 5.74) is 0. The van der Waals surface area contributed by atoms with E-state index in [4.69, 9.17) is 5.11 Å². The molecule has 0 fully saturated rings. The van der Waals surface area contributed by atoms with E-state index in [9.17, 15) is 4.79 Å². The van der Waals surface area contributed by atoms with Crippen LogP contribution in [0.2, 0.25) is 0 Å². The molecule has 4 heteroatoms. The van der Waals surface area contributed by atoms with Gasteiger partial charge in [0.1, 0.15) is 12.3 Å². The molecule has 0 aromatic heterocycles. The lowest BCUT2D eigenvalue weighted by molar-refractivity contribution is -0.135. The molecular weight excluding hydrogens is 156 g/mol. The first kappa shape index (κ1) is 9.03. The molecule has 0 aromatic rings. The molecule has 0 unspecified atom stereocenters. The summed E-state index contributed by atoms with van der Waals surface area (Å²) in [4.78, 5) is 16.6. The number of carboxylic acids is 1. The number of aliphatic imine (C=N–C) groups is 1. The number of rotatable bonds is 4. The van der Waals surface area contributed by atoms with Crippen molar-refractivity contribution in [2.24, 2.45) is 4.99 Å². The van der Waals surface area contributed by atoms with Crippen molar-refractivity contribution < 1.29 is 9.90 Å². The lowest BCUT2D eigenvalue weighted by Crippen LogP contribution is -2.30. The summed E-state index contributed by atoms with van der Waals surface area (Å²) in [6.07, 6.45) is 1.11. The molecule has 1 aliphatic heterocycles. The van der Waals surface area contributed by atoms with Crippen molar-refractivity contribution >= 4 is 11.8 Å². The molecule has 12 heavy (non-hydrogen) atoms. The van der Waals surface area contributed by atoms with E-state index in [2.05, 4.69) is 11.9 Å². The molecule has 0 atom stereocenters. The molecule has 0 saturated carbocycles. The molecule has 1 N–H and O–H groups in total. The highest BCUT2D eigenvalue weighted by Crippen LogP contribution is 2.05. The van der Waals surface area contributed by atoms with E-state index in [-0.39, 0.29) is 6.42 Å². The number of hydrogen-bond donors (Lipinski definition) is 1. The van der Waals surface area contributed by atoms with Crippen LogP contribution in [0.3, 0.4) is 0 Å². The molecule has 1 rings (SSSR count). The largest absolute Gasteiger partial charge is 0.481 e. The van der Waals surface area contributed by atoms with Gasteiger partial charge in [0.15, 0.2) is 0 Å². The minimum absolute atomic E-state index is 0.0694. The lowest BCUT2D eigenvalue weighted by atomic mass is 10.3. The van der Waals surface area contributed by atoms with E-state index < -0.39 is 5.97 Å². The first-order valence-electron chi connectivity index (χ1n) is 4.24. The van der Waals surface area contributed by atoms with Gasteiger partial charge in [0.05, 0.1) is 6.54 Å². The first-order chi connectivity index (χ1) is 5.74. The fourth-order valence-electron chi connectivity index (χ4n) is 1.34. The summed E-state index contributed by atoms with van der Waals surface area (Å²) in [5, 5.41) is 8.55. The second-order valence-corrected chi connectivity index (χ2v) is 2.86. The third kappa shape index (κ3) is 2.22. The van der Waals surface area contributed by atoms with Crippen molar-refractivity contribution in [2.45, 2.75) is 19.8 Å². The Morgan fingerprint density at radius 2 is 2.50 bits per heavy atom. The van der Waals surface area contributed by atoms with Crippen molar-refractivity contribution in [2.75, 3.05) is 19.6 Å². The van der Waals surface area contributed by atoms with E-state index in [0.29, 0.717) is 0 Å². The van der Waals surface area contributed by atoms with E-state index in [0.717, 1.165) is 31.9 Å². The van der Waals surface area contributed by atoms with Gasteiger partial charge in [-0.05, 0) is 6.42 Å². The van der Waals surface area contributed by atoms with Crippen molar-refractivity contribution in [1.82, 2.24) is 4.90 Å². The highest BCUT2D eigenvalue weighted by molar-refractivity contribution is 5.97. The molecule has 0 radical (unpaired) electrons. The number of nitrogens with zero attached hydrogens (tertiary/aromatic N) is 2. The van der Waals surface area contributed by atoms with Crippen LogP contribution in [0.5, 0.6) is 0 Å². The summed E-state index contributed by atoms with van der Waals surface area (Å²) >= 11 is 0. The lowest BCUT2D eigenvalue weighted by Gasteiger charge is -2.17. The quantitative estimate of drug-likeness (QED) is 0.671. The van der Waals surface area contributed by atoms with E-state index in [1.807, 2.05) is 4.90 Å². The van der Waals surface area contributed by atoms with Gasteiger partial charge < -0.3 is 10.0 Å². The molecule has 0 bridgehead atoms. The van der Waals surface area contributed by atoms with Crippen LogP contribution in [0.15, 0.2) is 4.99 Å². The van der Waals surface area contributed by atoms with Crippen molar-refractivity contribution in [3.05, 3.63) is 0 Å². The fraction of sp³-hybridized carbons (Fsp3) is 0.750. The van der Waals surface area contributed by atoms with E-state index in [1.165, 1.54) is 0 Å². The summed E-state index contributed by atoms with van der Waals surface area (Å²) in [6, 6.07) is 0. The molecule has 0 aliphatic carbocycles. The Balaban J connectivity index is 2.45. The first-order valence-corrected chi connectivity index (χ1v) is 4.24. The Kier molecular flexibility index (Phi) is 3.08. The second-order valence-electron chi connectivity index (χ2n) is 2.86. The average molecular weight is 170 g/mol. The predicted molar refractivity (Wildman–Crippen MR) is 46.4 cm³/mol. The molecular formula is C8H14N2O2. The third-order valence-electron chi connectivity index (χ3n) is 1.83. The standard InChI is InChI=1S/C8H14N2O2/c1-2-4-10-5-3-9-7(10)6-8(11)12/h2-6H2,1H3,(H,11,12). The van der Waals surface area contributed by atoms with Gasteiger partial charge in [-0.15, -0.1) is 0 Å². The summed E-state index contributed by atoms with van der Waals surface area (Å²) in [5.74, 6) is -0.0545. The molecule has 0 amide bonds. The SMILES string of the molecule is CCCN1CCN=C1CC(=O)O. The van der Waals surface area contributed by atoms with Crippen LogP contribution >= 0.6 is 0 Å². The zero-order valence-corrected chi connectivity index (χ0v) is 7.29. The van der Waals surface area contributed by atoms with Gasteiger partial charge in [-0.25, -0.2) is 0 Å². The maximum absolute atomic E-state index is 10.4. The van der Waals surface area contributed by atoms with Crippen molar-refractivity contribution in [3.63, 3.8) is 0 Å². The van der Waals surface area contributed by atoms with Crippen LogP contribution in [0.4, 0.5) is 0 Å². The number of carboxylic acid groups (broad SMARTS) is 1. The molecule has 0 aromatic carbocycles. The van der Waals surface area contributed by atoms with Crippen LogP contribution in [0, 0.1) is 0 Å². The Morgan fingerprint density at radius 1 is 1.75 bits per heavy atom.